The van der Waals surface area contributed by atoms with Crippen molar-refractivity contribution in [1.29, 1.82) is 0 Å². The van der Waals surface area contributed by atoms with Crippen LogP contribution < -0.4 is 0 Å². The predicted octanol–water partition coefficient (Wildman–Crippen LogP) is 2.46. The molecule has 12 atom stereocenters. The zero-order valence-electron chi connectivity index (χ0n) is 22.2. The summed E-state index contributed by atoms with van der Waals surface area (Å²) in [4.78, 5) is 11.8. The molecule has 2 aliphatic heterocycles. The molecule has 37 heavy (non-hydrogen) atoms. The number of carbonyl (C=O) groups is 1. The van der Waals surface area contributed by atoms with E-state index in [0.29, 0.717) is 18.4 Å². The van der Waals surface area contributed by atoms with E-state index >= 15 is 0 Å². The third-order valence-electron chi connectivity index (χ3n) is 12.0. The van der Waals surface area contributed by atoms with Gasteiger partial charge in [0.1, 0.15) is 18.8 Å². The Morgan fingerprint density at radius 2 is 1.84 bits per heavy atom. The highest BCUT2D eigenvalue weighted by atomic mass is 16.7. The average molecular weight is 521 g/mol. The second kappa shape index (κ2) is 9.27. The van der Waals surface area contributed by atoms with Gasteiger partial charge in [-0.05, 0) is 92.4 Å². The van der Waals surface area contributed by atoms with E-state index < -0.39 is 30.2 Å². The summed E-state index contributed by atoms with van der Waals surface area (Å²) in [6, 6.07) is 0. The van der Waals surface area contributed by atoms with Crippen LogP contribution in [-0.2, 0) is 19.0 Å². The van der Waals surface area contributed by atoms with Crippen molar-refractivity contribution in [2.24, 2.45) is 34.5 Å². The van der Waals surface area contributed by atoms with Crippen LogP contribution in [0.15, 0.2) is 11.6 Å². The van der Waals surface area contributed by atoms with Gasteiger partial charge in [-0.1, -0.05) is 13.8 Å². The van der Waals surface area contributed by atoms with Crippen molar-refractivity contribution in [2.75, 3.05) is 13.2 Å². The molecular formula is C29H44O8. The van der Waals surface area contributed by atoms with Gasteiger partial charge in [0.15, 0.2) is 6.29 Å². The lowest BCUT2D eigenvalue weighted by atomic mass is 9.43. The molecular weight excluding hydrogens is 476 g/mol. The zero-order valence-corrected chi connectivity index (χ0v) is 22.2. The molecule has 4 N–H and O–H groups in total. The van der Waals surface area contributed by atoms with Crippen LogP contribution in [-0.4, -0.2) is 75.9 Å². The summed E-state index contributed by atoms with van der Waals surface area (Å²) in [7, 11) is 0. The van der Waals surface area contributed by atoms with Crippen LogP contribution in [0.1, 0.15) is 78.1 Å². The van der Waals surface area contributed by atoms with Gasteiger partial charge in [-0.2, -0.15) is 0 Å². The molecule has 0 aromatic heterocycles. The van der Waals surface area contributed by atoms with Crippen molar-refractivity contribution in [3.8, 4) is 0 Å². The Morgan fingerprint density at radius 3 is 2.57 bits per heavy atom. The molecule has 4 saturated carbocycles. The van der Waals surface area contributed by atoms with Crippen LogP contribution in [0.3, 0.4) is 0 Å². The van der Waals surface area contributed by atoms with Crippen molar-refractivity contribution in [1.82, 2.24) is 0 Å². The summed E-state index contributed by atoms with van der Waals surface area (Å²) in [6.45, 7) is 4.73. The molecule has 1 saturated heterocycles. The van der Waals surface area contributed by atoms with Gasteiger partial charge in [-0.3, -0.25) is 0 Å². The third kappa shape index (κ3) is 3.96. The first-order chi connectivity index (χ1) is 17.6. The molecule has 0 amide bonds. The van der Waals surface area contributed by atoms with E-state index in [1.165, 1.54) is 0 Å². The highest BCUT2D eigenvalue weighted by Crippen LogP contribution is 2.70. The summed E-state index contributed by atoms with van der Waals surface area (Å²) in [6.07, 6.45) is 7.18. The molecule has 0 radical (unpaired) electrons. The minimum absolute atomic E-state index is 0.0288. The molecule has 8 nitrogen and oxygen atoms in total. The molecule has 6 aliphatic rings. The Labute approximate surface area is 219 Å². The van der Waals surface area contributed by atoms with E-state index in [0.717, 1.165) is 63.4 Å². The Balaban J connectivity index is 1.15. The number of hydrogen-bond acceptors (Lipinski definition) is 8. The molecule has 0 unspecified atom stereocenters. The highest BCUT2D eigenvalue weighted by Gasteiger charge is 2.67. The minimum Gasteiger partial charge on any atom is -0.458 e. The minimum atomic E-state index is -1.09. The number of esters is 1. The second-order valence-electron chi connectivity index (χ2n) is 13.4. The van der Waals surface area contributed by atoms with Gasteiger partial charge in [0.25, 0.3) is 0 Å². The number of rotatable bonds is 4. The summed E-state index contributed by atoms with van der Waals surface area (Å²) in [5.74, 6) is 1.23. The SMILES string of the molecule is C[C@]12CC[C@H](O[C@@H]3C[C@H](O)[C@H](O)[C@H](CO)O3)C[C@@H]1CC[C@@H]1[C@@H]2CC[C@]2(C)[C@@H](C3=CC(=O)OC3)CC[C@@]12O. The standard InChI is InChI=1S/C29H44O8/c1-27-8-5-18(36-25-13-22(31)26(33)23(14-30)37-25)12-17(27)3-4-21-20(27)6-9-28(2)19(7-10-29(21,28)34)16-11-24(32)35-15-16/h11,17-23,25-26,30-31,33-34H,3-10,12-15H2,1-2H3/t17-,18-,19+,20-,21+,22-,23-,25-,26-,27-,28+,29+/m0/s1. The zero-order chi connectivity index (χ0) is 26.2. The molecule has 6 rings (SSSR count). The Hall–Kier alpha value is -1.03. The van der Waals surface area contributed by atoms with Gasteiger partial charge < -0.3 is 34.6 Å². The van der Waals surface area contributed by atoms with Crippen LogP contribution in [0.4, 0.5) is 0 Å². The van der Waals surface area contributed by atoms with E-state index in [9.17, 15) is 25.2 Å². The van der Waals surface area contributed by atoms with E-state index in [1.807, 2.05) is 0 Å². The van der Waals surface area contributed by atoms with Gasteiger partial charge in [0.2, 0.25) is 0 Å². The lowest BCUT2D eigenvalue weighted by Gasteiger charge is -2.64. The van der Waals surface area contributed by atoms with Crippen molar-refractivity contribution in [3.05, 3.63) is 11.6 Å². The molecule has 2 heterocycles. The predicted molar refractivity (Wildman–Crippen MR) is 133 cm³/mol. The molecule has 0 bridgehead atoms. The number of cyclic esters (lactones) is 1. The van der Waals surface area contributed by atoms with Gasteiger partial charge in [0, 0.05) is 17.9 Å². The monoisotopic (exact) mass is 520 g/mol. The van der Waals surface area contributed by atoms with Gasteiger partial charge in [0.05, 0.1) is 24.4 Å². The normalized spacial score (nSPS) is 53.6. The average Bonchev–Trinajstić information content (AvgIpc) is 3.41. The lowest BCUT2D eigenvalue weighted by molar-refractivity contribution is -0.278. The molecule has 5 fully saturated rings. The summed E-state index contributed by atoms with van der Waals surface area (Å²) >= 11 is 0. The first-order valence-electron chi connectivity index (χ1n) is 14.5. The first-order valence-corrected chi connectivity index (χ1v) is 14.5. The van der Waals surface area contributed by atoms with Crippen LogP contribution in [0.2, 0.25) is 0 Å². The van der Waals surface area contributed by atoms with Crippen LogP contribution in [0.5, 0.6) is 0 Å². The van der Waals surface area contributed by atoms with Crippen LogP contribution in [0.25, 0.3) is 0 Å². The van der Waals surface area contributed by atoms with E-state index in [2.05, 4.69) is 13.8 Å². The molecule has 0 aromatic rings. The van der Waals surface area contributed by atoms with Crippen molar-refractivity contribution in [3.63, 3.8) is 0 Å². The maximum Gasteiger partial charge on any atom is 0.331 e. The molecule has 208 valence electrons. The topological polar surface area (TPSA) is 126 Å². The lowest BCUT2D eigenvalue weighted by Crippen LogP contribution is -2.62. The van der Waals surface area contributed by atoms with Crippen LogP contribution in [0, 0.1) is 34.5 Å². The van der Waals surface area contributed by atoms with Gasteiger partial charge in [-0.25, -0.2) is 4.79 Å². The number of hydrogen-bond donors (Lipinski definition) is 4. The number of aliphatic hydroxyl groups excluding tert-OH is 3. The second-order valence-corrected chi connectivity index (χ2v) is 13.4. The van der Waals surface area contributed by atoms with E-state index in [-0.39, 0.29) is 47.8 Å². The van der Waals surface area contributed by atoms with E-state index in [1.54, 1.807) is 6.08 Å². The smallest absolute Gasteiger partial charge is 0.331 e. The summed E-state index contributed by atoms with van der Waals surface area (Å²) in [5.41, 5.74) is 0.302. The van der Waals surface area contributed by atoms with Crippen LogP contribution >= 0.6 is 0 Å². The number of aliphatic hydroxyl groups is 4. The number of carbonyl (C=O) groups excluding carboxylic acids is 1. The first kappa shape index (κ1) is 26.2. The maximum absolute atomic E-state index is 12.4. The molecule has 0 aromatic carbocycles. The Kier molecular flexibility index (Phi) is 6.57. The van der Waals surface area contributed by atoms with Crippen molar-refractivity contribution in [2.45, 2.75) is 114 Å². The fourth-order valence-electron chi connectivity index (χ4n) is 9.86. The quantitative estimate of drug-likeness (QED) is 0.329. The number of ether oxygens (including phenoxy) is 3. The molecule has 0 spiro atoms. The fraction of sp³-hybridized carbons (Fsp3) is 0.897. The largest absolute Gasteiger partial charge is 0.458 e. The highest BCUT2D eigenvalue weighted by molar-refractivity contribution is 5.85. The maximum atomic E-state index is 12.4. The third-order valence-corrected chi connectivity index (χ3v) is 12.0. The van der Waals surface area contributed by atoms with E-state index in [4.69, 9.17) is 14.2 Å². The molecule has 4 aliphatic carbocycles. The van der Waals surface area contributed by atoms with Gasteiger partial charge in [-0.15, -0.1) is 0 Å². The fourth-order valence-corrected chi connectivity index (χ4v) is 9.86. The Bertz CT molecular complexity index is 937. The number of fused-ring (bicyclic) bond motifs is 5. The van der Waals surface area contributed by atoms with Crippen molar-refractivity contribution < 1.29 is 39.4 Å². The van der Waals surface area contributed by atoms with Gasteiger partial charge >= 0.3 is 5.97 Å². The summed E-state index contributed by atoms with van der Waals surface area (Å²) in [5, 5.41) is 42.1. The summed E-state index contributed by atoms with van der Waals surface area (Å²) < 4.78 is 17.3. The Morgan fingerprint density at radius 1 is 1.03 bits per heavy atom. The molecule has 8 heteroatoms. The van der Waals surface area contributed by atoms with Crippen molar-refractivity contribution >= 4 is 5.97 Å².